The molecule has 0 spiro atoms. The first-order valence-electron chi connectivity index (χ1n) is 5.10. The number of carbonyl (C=O) groups excluding carboxylic acids is 1. The lowest BCUT2D eigenvalue weighted by atomic mass is 10.1. The molecule has 2 N–H and O–H groups in total. The summed E-state index contributed by atoms with van der Waals surface area (Å²) in [5.41, 5.74) is 0.379. The Bertz CT molecular complexity index is 607. The molecular formula is C11H12O8S. The summed E-state index contributed by atoms with van der Waals surface area (Å²) in [6.45, 7) is 0. The number of ether oxygens (including phenoxy) is 2. The minimum Gasteiger partial charge on any atom is -0.502 e. The molecule has 0 aliphatic rings. The van der Waals surface area contributed by atoms with E-state index in [1.165, 1.54) is 32.4 Å². The van der Waals surface area contributed by atoms with Crippen molar-refractivity contribution in [1.29, 1.82) is 0 Å². The fraction of sp³-hybridized carbons (Fsp3) is 0.182. The maximum absolute atomic E-state index is 11.0. The predicted octanol–water partition coefficient (Wildman–Crippen LogP) is 0.769. The van der Waals surface area contributed by atoms with Crippen molar-refractivity contribution in [1.82, 2.24) is 0 Å². The zero-order valence-electron chi connectivity index (χ0n) is 10.6. The second-order valence-electron chi connectivity index (χ2n) is 3.44. The highest BCUT2D eigenvalue weighted by molar-refractivity contribution is 7.81. The van der Waals surface area contributed by atoms with Crippen LogP contribution in [0.15, 0.2) is 18.2 Å². The van der Waals surface area contributed by atoms with Crippen LogP contribution in [-0.2, 0) is 19.4 Å². The highest BCUT2D eigenvalue weighted by atomic mass is 32.3. The van der Waals surface area contributed by atoms with Gasteiger partial charge in [-0.3, -0.25) is 4.55 Å². The van der Waals surface area contributed by atoms with Gasteiger partial charge in [0.15, 0.2) is 11.5 Å². The molecule has 0 aliphatic carbocycles. The van der Waals surface area contributed by atoms with Gasteiger partial charge in [0.1, 0.15) is 0 Å². The number of rotatable bonds is 5. The second kappa shape index (κ2) is 6.26. The van der Waals surface area contributed by atoms with Crippen LogP contribution in [0.5, 0.6) is 17.2 Å². The van der Waals surface area contributed by atoms with Gasteiger partial charge in [0.2, 0.25) is 5.75 Å². The first-order valence-corrected chi connectivity index (χ1v) is 6.47. The van der Waals surface area contributed by atoms with E-state index in [0.717, 1.165) is 6.08 Å². The lowest BCUT2D eigenvalue weighted by Gasteiger charge is -2.09. The van der Waals surface area contributed by atoms with Crippen molar-refractivity contribution in [2.75, 3.05) is 14.2 Å². The van der Waals surface area contributed by atoms with Gasteiger partial charge in [-0.15, -0.1) is 0 Å². The van der Waals surface area contributed by atoms with Crippen LogP contribution in [0, 0.1) is 0 Å². The molecule has 1 aromatic rings. The third-order valence-corrected chi connectivity index (χ3v) is 2.48. The van der Waals surface area contributed by atoms with Gasteiger partial charge in [-0.05, 0) is 23.8 Å². The van der Waals surface area contributed by atoms with E-state index in [4.69, 9.17) is 14.0 Å². The number of hydrogen-bond acceptors (Lipinski definition) is 7. The molecule has 0 saturated carbocycles. The average molecular weight is 304 g/mol. The van der Waals surface area contributed by atoms with E-state index in [0.29, 0.717) is 5.56 Å². The lowest BCUT2D eigenvalue weighted by Crippen LogP contribution is -2.08. The quantitative estimate of drug-likeness (QED) is 0.604. The number of aromatic hydroxyl groups is 1. The van der Waals surface area contributed by atoms with E-state index in [9.17, 15) is 18.3 Å². The van der Waals surface area contributed by atoms with Gasteiger partial charge in [-0.2, -0.15) is 8.42 Å². The molecule has 20 heavy (non-hydrogen) atoms. The van der Waals surface area contributed by atoms with Crippen molar-refractivity contribution in [2.45, 2.75) is 0 Å². The topological polar surface area (TPSA) is 119 Å². The first-order chi connectivity index (χ1) is 9.26. The molecule has 0 amide bonds. The summed E-state index contributed by atoms with van der Waals surface area (Å²) in [4.78, 5) is 11.0. The summed E-state index contributed by atoms with van der Waals surface area (Å²) in [6.07, 6.45) is 1.97. The molecule has 0 aromatic heterocycles. The highest BCUT2D eigenvalue weighted by Crippen LogP contribution is 2.37. The van der Waals surface area contributed by atoms with E-state index in [1.807, 2.05) is 0 Å². The lowest BCUT2D eigenvalue weighted by molar-refractivity contribution is -0.128. The summed E-state index contributed by atoms with van der Waals surface area (Å²) in [7, 11) is -2.19. The monoisotopic (exact) mass is 304 g/mol. The Balaban J connectivity index is 3.01. The fourth-order valence-electron chi connectivity index (χ4n) is 1.31. The molecule has 0 fully saturated rings. The minimum atomic E-state index is -4.85. The molecule has 0 heterocycles. The van der Waals surface area contributed by atoms with Crippen LogP contribution in [-0.4, -0.2) is 38.3 Å². The van der Waals surface area contributed by atoms with E-state index in [-0.39, 0.29) is 17.2 Å². The average Bonchev–Trinajstić information content (AvgIpc) is 2.35. The fourth-order valence-corrected chi connectivity index (χ4v) is 1.57. The van der Waals surface area contributed by atoms with Gasteiger partial charge < -0.3 is 18.8 Å². The highest BCUT2D eigenvalue weighted by Gasteiger charge is 2.12. The van der Waals surface area contributed by atoms with Crippen LogP contribution in [0.4, 0.5) is 0 Å². The van der Waals surface area contributed by atoms with E-state index < -0.39 is 16.4 Å². The summed E-state index contributed by atoms with van der Waals surface area (Å²) in [5.74, 6) is -1.29. The molecule has 0 unspecified atom stereocenters. The normalized spacial score (nSPS) is 11.3. The van der Waals surface area contributed by atoms with Gasteiger partial charge in [0.25, 0.3) is 0 Å². The Morgan fingerprint density at radius 3 is 2.10 bits per heavy atom. The van der Waals surface area contributed by atoms with Crippen molar-refractivity contribution in [3.05, 3.63) is 23.8 Å². The Kier molecular flexibility index (Phi) is 4.94. The Labute approximate surface area is 115 Å². The largest absolute Gasteiger partial charge is 0.502 e. The molecule has 0 saturated heterocycles. The number of phenols is 1. The van der Waals surface area contributed by atoms with Gasteiger partial charge in [0.05, 0.1) is 14.2 Å². The maximum atomic E-state index is 11.0. The molecule has 0 atom stereocenters. The molecule has 110 valence electrons. The van der Waals surface area contributed by atoms with Crippen molar-refractivity contribution in [2.24, 2.45) is 0 Å². The maximum Gasteiger partial charge on any atom is 0.449 e. The predicted molar refractivity (Wildman–Crippen MR) is 67.9 cm³/mol. The molecular weight excluding hydrogens is 292 g/mol. The van der Waals surface area contributed by atoms with Gasteiger partial charge in [-0.25, -0.2) is 4.79 Å². The number of hydrogen-bond donors (Lipinski definition) is 2. The molecule has 9 heteroatoms. The Morgan fingerprint density at radius 1 is 1.20 bits per heavy atom. The van der Waals surface area contributed by atoms with Crippen LogP contribution < -0.4 is 9.47 Å². The summed E-state index contributed by atoms with van der Waals surface area (Å²) in [5, 5.41) is 9.67. The Morgan fingerprint density at radius 2 is 1.70 bits per heavy atom. The van der Waals surface area contributed by atoms with Crippen molar-refractivity contribution in [3.8, 4) is 17.2 Å². The van der Waals surface area contributed by atoms with Gasteiger partial charge >= 0.3 is 16.4 Å². The van der Waals surface area contributed by atoms with Crippen LogP contribution in [0.3, 0.4) is 0 Å². The zero-order chi connectivity index (χ0) is 15.3. The third kappa shape index (κ3) is 4.44. The van der Waals surface area contributed by atoms with Crippen molar-refractivity contribution >= 4 is 22.4 Å². The third-order valence-electron chi connectivity index (χ3n) is 2.10. The van der Waals surface area contributed by atoms with E-state index >= 15 is 0 Å². The summed E-state index contributed by atoms with van der Waals surface area (Å²) < 4.78 is 42.4. The van der Waals surface area contributed by atoms with Gasteiger partial charge in [0, 0.05) is 6.08 Å². The summed E-state index contributed by atoms with van der Waals surface area (Å²) >= 11 is 0. The second-order valence-corrected chi connectivity index (χ2v) is 4.46. The molecule has 1 aromatic carbocycles. The number of phenolic OH excluding ortho intramolecular Hbond substituents is 1. The van der Waals surface area contributed by atoms with Crippen LogP contribution in [0.2, 0.25) is 0 Å². The van der Waals surface area contributed by atoms with E-state index in [1.54, 1.807) is 0 Å². The van der Waals surface area contributed by atoms with Crippen LogP contribution in [0.25, 0.3) is 6.08 Å². The standard InChI is InChI=1S/C11H12O8S/c1-17-8-5-7(6-9(18-2)11(8)13)3-4-10(12)19-20(14,15)16/h3-6,13H,1-2H3,(H,14,15,16)/b4-3+. The van der Waals surface area contributed by atoms with E-state index in [2.05, 4.69) is 4.18 Å². The molecule has 8 nitrogen and oxygen atoms in total. The smallest absolute Gasteiger partial charge is 0.449 e. The summed E-state index contributed by atoms with van der Waals surface area (Å²) in [6, 6.07) is 2.77. The number of benzene rings is 1. The number of methoxy groups -OCH3 is 2. The first kappa shape index (κ1) is 15.8. The molecule has 0 bridgehead atoms. The van der Waals surface area contributed by atoms with Crippen molar-refractivity contribution in [3.63, 3.8) is 0 Å². The van der Waals surface area contributed by atoms with Gasteiger partial charge in [-0.1, -0.05) is 0 Å². The SMILES string of the molecule is COc1cc(/C=C/C(=O)OS(=O)(=O)O)cc(OC)c1O. The zero-order valence-corrected chi connectivity index (χ0v) is 11.4. The van der Waals surface area contributed by atoms with Crippen LogP contribution in [0.1, 0.15) is 5.56 Å². The Hall–Kier alpha value is -2.26. The molecule has 0 aliphatic heterocycles. The van der Waals surface area contributed by atoms with Crippen LogP contribution >= 0.6 is 0 Å². The molecule has 0 radical (unpaired) electrons. The van der Waals surface area contributed by atoms with Crippen molar-refractivity contribution < 1.29 is 36.5 Å². The minimum absolute atomic E-state index is 0.104. The number of carbonyl (C=O) groups is 1. The molecule has 1 rings (SSSR count).